The fourth-order valence-corrected chi connectivity index (χ4v) is 2.58. The molecular formula is C15H21N5O. The highest BCUT2D eigenvalue weighted by Crippen LogP contribution is 2.30. The van der Waals surface area contributed by atoms with E-state index in [2.05, 4.69) is 4.98 Å². The van der Waals surface area contributed by atoms with Crippen LogP contribution in [0.5, 0.6) is 0 Å². The van der Waals surface area contributed by atoms with E-state index in [1.54, 1.807) is 12.3 Å². The normalized spacial score (nSPS) is 14.4. The van der Waals surface area contributed by atoms with Crippen LogP contribution >= 0.6 is 0 Å². The van der Waals surface area contributed by atoms with Crippen LogP contribution in [0.2, 0.25) is 0 Å². The van der Waals surface area contributed by atoms with Crippen molar-refractivity contribution in [1.82, 2.24) is 19.0 Å². The molecule has 2 heterocycles. The van der Waals surface area contributed by atoms with Crippen molar-refractivity contribution in [3.8, 4) is 0 Å². The second-order valence-corrected chi connectivity index (χ2v) is 5.56. The molecule has 21 heavy (non-hydrogen) atoms. The van der Waals surface area contributed by atoms with Gasteiger partial charge in [0.2, 0.25) is 0 Å². The third-order valence-electron chi connectivity index (χ3n) is 3.96. The van der Waals surface area contributed by atoms with Gasteiger partial charge in [-0.2, -0.15) is 0 Å². The van der Waals surface area contributed by atoms with Crippen LogP contribution in [-0.4, -0.2) is 31.0 Å². The maximum Gasteiger partial charge on any atom is 0.271 e. The number of carbonyl (C=O) groups is 1. The van der Waals surface area contributed by atoms with Gasteiger partial charge in [-0.1, -0.05) is 0 Å². The fourth-order valence-electron chi connectivity index (χ4n) is 2.58. The number of hydrogen-bond acceptors (Lipinski definition) is 3. The van der Waals surface area contributed by atoms with E-state index in [0.717, 1.165) is 25.2 Å². The van der Waals surface area contributed by atoms with Gasteiger partial charge in [-0.3, -0.25) is 4.79 Å². The van der Waals surface area contributed by atoms with E-state index in [4.69, 9.17) is 5.73 Å². The molecule has 6 nitrogen and oxygen atoms in total. The molecule has 0 saturated heterocycles. The molecule has 0 aliphatic heterocycles. The summed E-state index contributed by atoms with van der Waals surface area (Å²) < 4.78 is 3.86. The Morgan fingerprint density at radius 3 is 2.86 bits per heavy atom. The number of nitrogens with zero attached hydrogens (tertiary/aromatic N) is 4. The van der Waals surface area contributed by atoms with Crippen LogP contribution in [0.15, 0.2) is 24.7 Å². The largest absolute Gasteiger partial charge is 0.397 e. The molecule has 1 saturated carbocycles. The first kappa shape index (κ1) is 13.7. The summed E-state index contributed by atoms with van der Waals surface area (Å²) in [6, 6.07) is 2.09. The molecule has 6 heteroatoms. The number of carbonyl (C=O) groups excluding carboxylic acids is 1. The first-order valence-electron chi connectivity index (χ1n) is 7.33. The Hall–Kier alpha value is -2.24. The summed E-state index contributed by atoms with van der Waals surface area (Å²) in [5.74, 6) is 0.942. The van der Waals surface area contributed by atoms with Crippen molar-refractivity contribution in [3.63, 3.8) is 0 Å². The zero-order valence-electron chi connectivity index (χ0n) is 12.5. The molecule has 2 aromatic heterocycles. The molecule has 0 atom stereocenters. The Morgan fingerprint density at radius 2 is 2.29 bits per heavy atom. The van der Waals surface area contributed by atoms with Gasteiger partial charge in [0.15, 0.2) is 0 Å². The molecular weight excluding hydrogens is 266 g/mol. The number of imidazole rings is 1. The number of anilines is 1. The highest BCUT2D eigenvalue weighted by Gasteiger charge is 2.34. The lowest BCUT2D eigenvalue weighted by molar-refractivity contribution is 0.0713. The molecule has 0 bridgehead atoms. The van der Waals surface area contributed by atoms with Crippen LogP contribution in [0.25, 0.3) is 0 Å². The minimum absolute atomic E-state index is 0.0408. The molecule has 112 valence electrons. The highest BCUT2D eigenvalue weighted by molar-refractivity contribution is 5.94. The Bertz CT molecular complexity index is 653. The summed E-state index contributed by atoms with van der Waals surface area (Å²) in [5, 5.41) is 0. The van der Waals surface area contributed by atoms with Crippen molar-refractivity contribution in [2.45, 2.75) is 38.9 Å². The standard InChI is InChI=1S/C15H21N5O/c1-3-19-9-11(16)8-13(19)15(21)20(12-4-5-12)10-14-17-6-7-18(14)2/h6-9,12H,3-5,10,16H2,1-2H3. The van der Waals surface area contributed by atoms with Gasteiger partial charge in [0.25, 0.3) is 5.91 Å². The van der Waals surface area contributed by atoms with Gasteiger partial charge in [-0.05, 0) is 25.8 Å². The highest BCUT2D eigenvalue weighted by atomic mass is 16.2. The van der Waals surface area contributed by atoms with Crippen molar-refractivity contribution in [2.75, 3.05) is 5.73 Å². The van der Waals surface area contributed by atoms with Gasteiger partial charge in [0.05, 0.1) is 12.2 Å². The molecule has 1 aliphatic rings. The third kappa shape index (κ3) is 2.66. The molecule has 0 spiro atoms. The summed E-state index contributed by atoms with van der Waals surface area (Å²) in [7, 11) is 1.95. The van der Waals surface area contributed by atoms with Crippen molar-refractivity contribution in [1.29, 1.82) is 0 Å². The number of hydrogen-bond donors (Lipinski definition) is 1. The maximum absolute atomic E-state index is 12.9. The Balaban J connectivity index is 1.87. The average molecular weight is 287 g/mol. The third-order valence-corrected chi connectivity index (χ3v) is 3.96. The van der Waals surface area contributed by atoms with E-state index in [9.17, 15) is 4.79 Å². The van der Waals surface area contributed by atoms with Crippen molar-refractivity contribution in [3.05, 3.63) is 36.2 Å². The zero-order valence-corrected chi connectivity index (χ0v) is 12.5. The molecule has 0 aromatic carbocycles. The zero-order chi connectivity index (χ0) is 15.0. The van der Waals surface area contributed by atoms with Gasteiger partial charge >= 0.3 is 0 Å². The number of rotatable bonds is 5. The molecule has 0 radical (unpaired) electrons. The van der Waals surface area contributed by atoms with Gasteiger partial charge in [0, 0.05) is 38.2 Å². The molecule has 2 N–H and O–H groups in total. The van der Waals surface area contributed by atoms with Gasteiger partial charge < -0.3 is 19.8 Å². The van der Waals surface area contributed by atoms with E-state index < -0.39 is 0 Å². The molecule has 3 rings (SSSR count). The van der Waals surface area contributed by atoms with Crippen molar-refractivity contribution >= 4 is 11.6 Å². The Morgan fingerprint density at radius 1 is 1.52 bits per heavy atom. The van der Waals surface area contributed by atoms with E-state index in [1.807, 2.05) is 40.4 Å². The minimum Gasteiger partial charge on any atom is -0.397 e. The van der Waals surface area contributed by atoms with E-state index in [1.165, 1.54) is 0 Å². The van der Waals surface area contributed by atoms with Gasteiger partial charge in [-0.25, -0.2) is 4.98 Å². The SMILES string of the molecule is CCn1cc(N)cc1C(=O)N(Cc1nccn1C)C1CC1. The molecule has 1 fully saturated rings. The van der Waals surface area contributed by atoms with Gasteiger partial charge in [-0.15, -0.1) is 0 Å². The Kier molecular flexibility index (Phi) is 3.45. The first-order chi connectivity index (χ1) is 10.1. The van der Waals surface area contributed by atoms with Crippen molar-refractivity contribution in [2.24, 2.45) is 7.05 Å². The summed E-state index contributed by atoms with van der Waals surface area (Å²) in [5.41, 5.74) is 7.13. The molecule has 0 unspecified atom stereocenters. The van der Waals surface area contributed by atoms with Crippen LogP contribution in [-0.2, 0) is 20.1 Å². The van der Waals surface area contributed by atoms with Gasteiger partial charge in [0.1, 0.15) is 11.5 Å². The predicted molar refractivity (Wildman–Crippen MR) is 80.6 cm³/mol. The topological polar surface area (TPSA) is 69.1 Å². The lowest BCUT2D eigenvalue weighted by Gasteiger charge is -2.22. The number of amides is 1. The van der Waals surface area contributed by atoms with Crippen LogP contribution in [0.3, 0.4) is 0 Å². The van der Waals surface area contributed by atoms with Crippen molar-refractivity contribution < 1.29 is 4.79 Å². The first-order valence-corrected chi connectivity index (χ1v) is 7.33. The number of aromatic nitrogens is 3. The molecule has 1 amide bonds. The number of aryl methyl sites for hydroxylation is 2. The lowest BCUT2D eigenvalue weighted by atomic mass is 10.3. The number of nitrogens with two attached hydrogens (primary N) is 1. The van der Waals surface area contributed by atoms with Crippen LogP contribution in [0, 0.1) is 0 Å². The second kappa shape index (κ2) is 5.27. The summed E-state index contributed by atoms with van der Waals surface area (Å²) >= 11 is 0. The monoisotopic (exact) mass is 287 g/mol. The van der Waals surface area contributed by atoms with E-state index >= 15 is 0 Å². The van der Waals surface area contributed by atoms with Crippen LogP contribution < -0.4 is 5.73 Å². The predicted octanol–water partition coefficient (Wildman–Crippen LogP) is 1.63. The van der Waals surface area contributed by atoms with E-state index in [-0.39, 0.29) is 5.91 Å². The molecule has 2 aromatic rings. The average Bonchev–Trinajstić information content (AvgIpc) is 3.12. The quantitative estimate of drug-likeness (QED) is 0.908. The minimum atomic E-state index is 0.0408. The lowest BCUT2D eigenvalue weighted by Crippen LogP contribution is -2.34. The Labute approximate surface area is 124 Å². The van der Waals surface area contributed by atoms with Crippen LogP contribution in [0.1, 0.15) is 36.1 Å². The summed E-state index contributed by atoms with van der Waals surface area (Å²) in [4.78, 5) is 19.1. The molecule has 1 aliphatic carbocycles. The van der Waals surface area contributed by atoms with Crippen LogP contribution in [0.4, 0.5) is 5.69 Å². The summed E-state index contributed by atoms with van der Waals surface area (Å²) in [6.45, 7) is 3.29. The maximum atomic E-state index is 12.9. The smallest absolute Gasteiger partial charge is 0.271 e. The fraction of sp³-hybridized carbons (Fsp3) is 0.467. The second-order valence-electron chi connectivity index (χ2n) is 5.56. The van der Waals surface area contributed by atoms with E-state index in [0.29, 0.717) is 24.0 Å². The summed E-state index contributed by atoms with van der Waals surface area (Å²) in [6.07, 6.45) is 7.62. The number of nitrogen functional groups attached to an aromatic ring is 1.